The number of urea groups is 1. The number of hydrogen-bond acceptors (Lipinski definition) is 5. The zero-order chi connectivity index (χ0) is 17.8. The summed E-state index contributed by atoms with van der Waals surface area (Å²) in [4.78, 5) is 25.1. The lowest BCUT2D eigenvalue weighted by Gasteiger charge is -2.32. The first-order valence-corrected chi connectivity index (χ1v) is 8.62. The van der Waals surface area contributed by atoms with Crippen molar-refractivity contribution < 1.29 is 9.32 Å². The molecular weight excluding hydrogens is 332 g/mol. The van der Waals surface area contributed by atoms with Gasteiger partial charge in [-0.3, -0.25) is 9.47 Å². The van der Waals surface area contributed by atoms with Crippen LogP contribution in [-0.2, 0) is 6.54 Å². The number of rotatable bonds is 2. The van der Waals surface area contributed by atoms with E-state index in [9.17, 15) is 4.79 Å². The van der Waals surface area contributed by atoms with Crippen molar-refractivity contribution >= 4 is 11.7 Å². The molecule has 0 bridgehead atoms. The Balaban J connectivity index is 1.62. The fraction of sp³-hybridized carbons (Fsp3) is 0.333. The van der Waals surface area contributed by atoms with Crippen LogP contribution in [-0.4, -0.2) is 44.7 Å². The molecule has 5 rings (SSSR count). The van der Waals surface area contributed by atoms with Crippen molar-refractivity contribution in [2.24, 2.45) is 0 Å². The van der Waals surface area contributed by atoms with E-state index in [4.69, 9.17) is 4.52 Å². The lowest BCUT2D eigenvalue weighted by molar-refractivity contribution is 0.223. The first-order chi connectivity index (χ1) is 12.6. The van der Waals surface area contributed by atoms with E-state index in [0.29, 0.717) is 29.9 Å². The van der Waals surface area contributed by atoms with Gasteiger partial charge in [-0.25, -0.2) is 9.78 Å². The van der Waals surface area contributed by atoms with Crippen LogP contribution < -0.4 is 4.90 Å². The molecule has 2 aromatic heterocycles. The number of para-hydroxylation sites is 2. The Bertz CT molecular complexity index is 1000. The van der Waals surface area contributed by atoms with Gasteiger partial charge in [0.25, 0.3) is 0 Å². The number of nitrogens with zero attached hydrogens (tertiary/aromatic N) is 6. The second kappa shape index (κ2) is 5.42. The smallest absolute Gasteiger partial charge is 0.324 e. The van der Waals surface area contributed by atoms with Gasteiger partial charge in [0.1, 0.15) is 12.0 Å². The average Bonchev–Trinajstić information content (AvgIpc) is 3.23. The van der Waals surface area contributed by atoms with Crippen LogP contribution in [0.25, 0.3) is 17.2 Å². The first-order valence-electron chi connectivity index (χ1n) is 8.62. The molecule has 0 N–H and O–H groups in total. The molecule has 1 aliphatic carbocycles. The van der Waals surface area contributed by atoms with Crippen LogP contribution in [0.4, 0.5) is 10.5 Å². The Hall–Kier alpha value is -3.16. The van der Waals surface area contributed by atoms with Crippen LogP contribution in [0.3, 0.4) is 0 Å². The van der Waals surface area contributed by atoms with Gasteiger partial charge in [-0.05, 0) is 25.0 Å². The summed E-state index contributed by atoms with van der Waals surface area (Å²) in [6, 6.07) is 7.72. The molecule has 1 saturated carbocycles. The summed E-state index contributed by atoms with van der Waals surface area (Å²) in [6.07, 6.45) is 3.96. The summed E-state index contributed by atoms with van der Waals surface area (Å²) < 4.78 is 7.38. The predicted molar refractivity (Wildman–Crippen MR) is 94.1 cm³/mol. The summed E-state index contributed by atoms with van der Waals surface area (Å²) in [6.45, 7) is 0.399. The Labute approximate surface area is 150 Å². The summed E-state index contributed by atoms with van der Waals surface area (Å²) in [5, 5.41) is 4.11. The van der Waals surface area contributed by atoms with Crippen LogP contribution in [0.5, 0.6) is 0 Å². The Morgan fingerprint density at radius 1 is 1.23 bits per heavy atom. The SMILES string of the molecule is CN(C)C(=O)N1Cc2c(-c3noc(C4CC4)n3)ncn2-c2ccccc21. The second-order valence-corrected chi connectivity index (χ2v) is 6.89. The number of aromatic nitrogens is 4. The molecule has 2 aliphatic rings. The highest BCUT2D eigenvalue weighted by atomic mass is 16.5. The van der Waals surface area contributed by atoms with Gasteiger partial charge < -0.3 is 9.42 Å². The molecule has 0 saturated heterocycles. The minimum atomic E-state index is -0.0809. The van der Waals surface area contributed by atoms with E-state index in [-0.39, 0.29) is 6.03 Å². The van der Waals surface area contributed by atoms with Gasteiger partial charge in [0, 0.05) is 20.0 Å². The van der Waals surface area contributed by atoms with Crippen molar-refractivity contribution in [2.75, 3.05) is 19.0 Å². The molecule has 0 atom stereocenters. The number of benzene rings is 1. The molecule has 1 fully saturated rings. The molecule has 8 heteroatoms. The topological polar surface area (TPSA) is 80.3 Å². The van der Waals surface area contributed by atoms with Crippen molar-refractivity contribution in [3.63, 3.8) is 0 Å². The van der Waals surface area contributed by atoms with Gasteiger partial charge in [0.05, 0.1) is 23.6 Å². The molecule has 26 heavy (non-hydrogen) atoms. The van der Waals surface area contributed by atoms with E-state index in [2.05, 4.69) is 15.1 Å². The van der Waals surface area contributed by atoms with Gasteiger partial charge in [-0.1, -0.05) is 17.3 Å². The minimum absolute atomic E-state index is 0.0809. The maximum Gasteiger partial charge on any atom is 0.324 e. The van der Waals surface area contributed by atoms with E-state index in [1.807, 2.05) is 28.8 Å². The van der Waals surface area contributed by atoms with Crippen molar-refractivity contribution in [1.82, 2.24) is 24.6 Å². The molecule has 0 unspecified atom stereocenters. The quantitative estimate of drug-likeness (QED) is 0.710. The lowest BCUT2D eigenvalue weighted by atomic mass is 10.1. The third-order valence-corrected chi connectivity index (χ3v) is 4.80. The molecule has 1 aliphatic heterocycles. The largest absolute Gasteiger partial charge is 0.339 e. The normalized spacial score (nSPS) is 15.5. The van der Waals surface area contributed by atoms with Crippen molar-refractivity contribution in [3.05, 3.63) is 42.2 Å². The number of fused-ring (bicyclic) bond motifs is 3. The van der Waals surface area contributed by atoms with Crippen molar-refractivity contribution in [2.45, 2.75) is 25.3 Å². The molecule has 0 spiro atoms. The van der Waals surface area contributed by atoms with E-state index in [0.717, 1.165) is 29.9 Å². The predicted octanol–water partition coefficient (Wildman–Crippen LogP) is 2.80. The molecule has 1 aromatic carbocycles. The van der Waals surface area contributed by atoms with Crippen molar-refractivity contribution in [3.8, 4) is 17.2 Å². The number of carbonyl (C=O) groups excluding carboxylic acids is 1. The Kier molecular flexibility index (Phi) is 3.15. The summed E-state index contributed by atoms with van der Waals surface area (Å²) >= 11 is 0. The number of imidazole rings is 1. The van der Waals surface area contributed by atoms with Crippen LogP contribution in [0.15, 0.2) is 35.1 Å². The highest BCUT2D eigenvalue weighted by molar-refractivity contribution is 5.95. The van der Waals surface area contributed by atoms with Gasteiger partial charge in [-0.15, -0.1) is 0 Å². The number of hydrogen-bond donors (Lipinski definition) is 0. The van der Waals surface area contributed by atoms with E-state index in [1.165, 1.54) is 0 Å². The standard InChI is InChI=1S/C18H18N6O2/c1-22(2)18(25)23-9-14-15(16-20-17(26-21-16)11-7-8-11)19-10-24(14)13-6-4-3-5-12(13)23/h3-6,10-11H,7-9H2,1-2H3. The number of amides is 2. The van der Waals surface area contributed by atoms with Crippen LogP contribution in [0.2, 0.25) is 0 Å². The van der Waals surface area contributed by atoms with Crippen molar-refractivity contribution in [1.29, 1.82) is 0 Å². The lowest BCUT2D eigenvalue weighted by Crippen LogP contribution is -2.41. The van der Waals surface area contributed by atoms with E-state index >= 15 is 0 Å². The highest BCUT2D eigenvalue weighted by Gasteiger charge is 2.33. The number of anilines is 1. The van der Waals surface area contributed by atoms with E-state index < -0.39 is 0 Å². The van der Waals surface area contributed by atoms with Gasteiger partial charge in [-0.2, -0.15) is 4.98 Å². The third-order valence-electron chi connectivity index (χ3n) is 4.80. The van der Waals surface area contributed by atoms with Gasteiger partial charge >= 0.3 is 6.03 Å². The molecule has 3 heterocycles. The second-order valence-electron chi connectivity index (χ2n) is 6.89. The molecule has 132 valence electrons. The molecule has 0 radical (unpaired) electrons. The van der Waals surface area contributed by atoms with Gasteiger partial charge in [0.15, 0.2) is 0 Å². The summed E-state index contributed by atoms with van der Waals surface area (Å²) in [7, 11) is 3.50. The van der Waals surface area contributed by atoms with Crippen LogP contribution >= 0.6 is 0 Å². The fourth-order valence-corrected chi connectivity index (χ4v) is 3.29. The monoisotopic (exact) mass is 350 g/mol. The summed E-state index contributed by atoms with van der Waals surface area (Å²) in [5.74, 6) is 1.55. The fourth-order valence-electron chi connectivity index (χ4n) is 3.29. The van der Waals surface area contributed by atoms with E-state index in [1.54, 1.807) is 30.2 Å². The minimum Gasteiger partial charge on any atom is -0.339 e. The molecular formula is C18H18N6O2. The van der Waals surface area contributed by atoms with Gasteiger partial charge in [0.2, 0.25) is 11.7 Å². The maximum atomic E-state index is 12.7. The van der Waals surface area contributed by atoms with Crippen LogP contribution in [0.1, 0.15) is 30.3 Å². The average molecular weight is 350 g/mol. The zero-order valence-electron chi connectivity index (χ0n) is 14.6. The Morgan fingerprint density at radius 2 is 2.00 bits per heavy atom. The molecule has 3 aromatic rings. The zero-order valence-corrected chi connectivity index (χ0v) is 14.6. The molecule has 2 amide bonds. The number of carbonyl (C=O) groups is 1. The molecule has 8 nitrogen and oxygen atoms in total. The van der Waals surface area contributed by atoms with Crippen LogP contribution in [0, 0.1) is 0 Å². The summed E-state index contributed by atoms with van der Waals surface area (Å²) in [5.41, 5.74) is 3.30. The maximum absolute atomic E-state index is 12.7. The Morgan fingerprint density at radius 3 is 2.73 bits per heavy atom. The highest BCUT2D eigenvalue weighted by Crippen LogP contribution is 2.40. The third kappa shape index (κ3) is 2.22. The first kappa shape index (κ1) is 15.1.